The van der Waals surface area contributed by atoms with Gasteiger partial charge < -0.3 is 0 Å². The second-order valence-corrected chi connectivity index (χ2v) is 4.25. The van der Waals surface area contributed by atoms with Crippen molar-refractivity contribution in [3.8, 4) is 0 Å². The molecule has 0 N–H and O–H groups in total. The van der Waals surface area contributed by atoms with Crippen LogP contribution < -0.4 is 0 Å². The molecule has 0 amide bonds. The molecule has 1 aromatic rings. The molecule has 0 saturated carbocycles. The van der Waals surface area contributed by atoms with Crippen LogP contribution in [0, 0.1) is 0 Å². The van der Waals surface area contributed by atoms with Crippen LogP contribution in [0.3, 0.4) is 0 Å². The largest absolute Gasteiger partial charge is 0.103 e. The molecule has 0 aliphatic carbocycles. The van der Waals surface area contributed by atoms with E-state index in [1.807, 2.05) is 6.08 Å². The number of allylic oxidation sites excluding steroid dienone is 1. The molecule has 1 rings (SSSR count). The molecule has 0 aliphatic heterocycles. The maximum Gasteiger partial charge on any atom is -0.0156 e. The zero-order valence-electron chi connectivity index (χ0n) is 9.46. The van der Waals surface area contributed by atoms with E-state index in [2.05, 4.69) is 51.6 Å². The summed E-state index contributed by atoms with van der Waals surface area (Å²) in [7, 11) is 0. The van der Waals surface area contributed by atoms with Gasteiger partial charge in [-0.15, -0.1) is 6.58 Å². The summed E-state index contributed by atoms with van der Waals surface area (Å²) < 4.78 is 0. The third kappa shape index (κ3) is 2.73. The lowest BCUT2D eigenvalue weighted by Crippen LogP contribution is -1.94. The number of benzene rings is 1. The van der Waals surface area contributed by atoms with Gasteiger partial charge in [0.15, 0.2) is 0 Å². The van der Waals surface area contributed by atoms with E-state index in [-0.39, 0.29) is 0 Å². The van der Waals surface area contributed by atoms with Gasteiger partial charge in [0.25, 0.3) is 0 Å². The molecule has 1 atom stereocenters. The normalized spacial score (nSPS) is 12.9. The van der Waals surface area contributed by atoms with Crippen molar-refractivity contribution in [1.29, 1.82) is 0 Å². The van der Waals surface area contributed by atoms with Crippen LogP contribution in [0.4, 0.5) is 0 Å². The van der Waals surface area contributed by atoms with Crippen LogP contribution in [0.15, 0.2) is 36.9 Å². The fourth-order valence-corrected chi connectivity index (χ4v) is 1.61. The highest BCUT2D eigenvalue weighted by Gasteiger charge is 2.05. The Bertz CT molecular complexity index is 297. The van der Waals surface area contributed by atoms with Gasteiger partial charge in [-0.1, -0.05) is 51.1 Å². The second-order valence-electron chi connectivity index (χ2n) is 4.25. The first kappa shape index (κ1) is 11.0. The monoisotopic (exact) mass is 188 g/mol. The molecule has 0 saturated heterocycles. The first-order valence-corrected chi connectivity index (χ1v) is 5.36. The standard InChI is InChI=1S/C14H20/c1-5-7-12(4)14-9-6-8-13(10-14)11(2)3/h5-6,8-12H,1,7H2,2-4H3. The average molecular weight is 188 g/mol. The van der Waals surface area contributed by atoms with Crippen LogP contribution in [0.25, 0.3) is 0 Å². The van der Waals surface area contributed by atoms with Crippen molar-refractivity contribution in [2.24, 2.45) is 0 Å². The van der Waals surface area contributed by atoms with Crippen molar-refractivity contribution < 1.29 is 0 Å². The van der Waals surface area contributed by atoms with Gasteiger partial charge in [0.2, 0.25) is 0 Å². The minimum absolute atomic E-state index is 0.589. The van der Waals surface area contributed by atoms with Gasteiger partial charge in [-0.3, -0.25) is 0 Å². The third-order valence-electron chi connectivity index (χ3n) is 2.67. The van der Waals surface area contributed by atoms with E-state index in [1.54, 1.807) is 0 Å². The molecular formula is C14H20. The zero-order chi connectivity index (χ0) is 10.6. The predicted octanol–water partition coefficient (Wildman–Crippen LogP) is 4.49. The molecule has 0 nitrogen and oxygen atoms in total. The summed E-state index contributed by atoms with van der Waals surface area (Å²) in [6.07, 6.45) is 3.05. The van der Waals surface area contributed by atoms with E-state index < -0.39 is 0 Å². The van der Waals surface area contributed by atoms with E-state index in [0.717, 1.165) is 6.42 Å². The topological polar surface area (TPSA) is 0 Å². The van der Waals surface area contributed by atoms with Crippen LogP contribution in [-0.4, -0.2) is 0 Å². The smallest absolute Gasteiger partial charge is 0.0156 e. The minimum Gasteiger partial charge on any atom is -0.103 e. The zero-order valence-corrected chi connectivity index (χ0v) is 9.46. The van der Waals surface area contributed by atoms with Gasteiger partial charge in [0, 0.05) is 0 Å². The van der Waals surface area contributed by atoms with Gasteiger partial charge in [0.1, 0.15) is 0 Å². The molecule has 0 fully saturated rings. The van der Waals surface area contributed by atoms with Gasteiger partial charge >= 0.3 is 0 Å². The summed E-state index contributed by atoms with van der Waals surface area (Å²) in [5, 5.41) is 0. The molecule has 0 heterocycles. The highest BCUT2D eigenvalue weighted by atomic mass is 14.1. The Morgan fingerprint density at radius 2 is 1.86 bits per heavy atom. The lowest BCUT2D eigenvalue weighted by Gasteiger charge is -2.12. The molecule has 76 valence electrons. The number of rotatable bonds is 4. The highest BCUT2D eigenvalue weighted by molar-refractivity contribution is 5.28. The molecule has 0 spiro atoms. The van der Waals surface area contributed by atoms with Crippen LogP contribution in [0.5, 0.6) is 0 Å². The summed E-state index contributed by atoms with van der Waals surface area (Å²) in [4.78, 5) is 0. The Balaban J connectivity index is 2.87. The molecule has 0 aromatic heterocycles. The molecular weight excluding hydrogens is 168 g/mol. The molecule has 14 heavy (non-hydrogen) atoms. The quantitative estimate of drug-likeness (QED) is 0.611. The van der Waals surface area contributed by atoms with Crippen molar-refractivity contribution in [1.82, 2.24) is 0 Å². The molecule has 0 aliphatic rings. The average Bonchev–Trinajstić information content (AvgIpc) is 2.18. The summed E-state index contributed by atoms with van der Waals surface area (Å²) in [6.45, 7) is 10.5. The SMILES string of the molecule is C=CCC(C)c1cccc(C(C)C)c1. The van der Waals surface area contributed by atoms with Crippen molar-refractivity contribution >= 4 is 0 Å². The first-order valence-electron chi connectivity index (χ1n) is 5.36. The Morgan fingerprint density at radius 3 is 2.43 bits per heavy atom. The summed E-state index contributed by atoms with van der Waals surface area (Å²) in [5.41, 5.74) is 2.86. The number of hydrogen-bond donors (Lipinski definition) is 0. The van der Waals surface area contributed by atoms with Gasteiger partial charge in [-0.05, 0) is 29.4 Å². The summed E-state index contributed by atoms with van der Waals surface area (Å²) in [6, 6.07) is 8.89. The van der Waals surface area contributed by atoms with E-state index >= 15 is 0 Å². The van der Waals surface area contributed by atoms with E-state index in [1.165, 1.54) is 11.1 Å². The van der Waals surface area contributed by atoms with E-state index in [9.17, 15) is 0 Å². The second kappa shape index (κ2) is 4.99. The minimum atomic E-state index is 0.589. The molecule has 0 heteroatoms. The maximum atomic E-state index is 3.78. The van der Waals surface area contributed by atoms with Crippen LogP contribution in [0.2, 0.25) is 0 Å². The maximum absolute atomic E-state index is 3.78. The fourth-order valence-electron chi connectivity index (χ4n) is 1.61. The van der Waals surface area contributed by atoms with Gasteiger partial charge in [0.05, 0.1) is 0 Å². The van der Waals surface area contributed by atoms with Crippen LogP contribution in [0.1, 0.15) is 50.2 Å². The number of hydrogen-bond acceptors (Lipinski definition) is 0. The van der Waals surface area contributed by atoms with Gasteiger partial charge in [-0.2, -0.15) is 0 Å². The Kier molecular flexibility index (Phi) is 3.94. The summed E-state index contributed by atoms with van der Waals surface area (Å²) >= 11 is 0. The summed E-state index contributed by atoms with van der Waals surface area (Å²) in [5.74, 6) is 1.21. The first-order chi connectivity index (χ1) is 6.65. The molecule has 0 radical (unpaired) electrons. The van der Waals surface area contributed by atoms with Crippen molar-refractivity contribution in [2.45, 2.75) is 39.0 Å². The van der Waals surface area contributed by atoms with Gasteiger partial charge in [-0.25, -0.2) is 0 Å². The third-order valence-corrected chi connectivity index (χ3v) is 2.67. The van der Waals surface area contributed by atoms with Crippen LogP contribution in [-0.2, 0) is 0 Å². The Morgan fingerprint density at radius 1 is 1.21 bits per heavy atom. The van der Waals surface area contributed by atoms with Crippen molar-refractivity contribution in [2.75, 3.05) is 0 Å². The fraction of sp³-hybridized carbons (Fsp3) is 0.429. The molecule has 0 bridgehead atoms. The van der Waals surface area contributed by atoms with Crippen LogP contribution >= 0.6 is 0 Å². The Labute approximate surface area is 87.7 Å². The predicted molar refractivity (Wildman–Crippen MR) is 63.8 cm³/mol. The van der Waals surface area contributed by atoms with Crippen molar-refractivity contribution in [3.05, 3.63) is 48.0 Å². The lowest BCUT2D eigenvalue weighted by atomic mass is 9.93. The van der Waals surface area contributed by atoms with E-state index in [0.29, 0.717) is 11.8 Å². The lowest BCUT2D eigenvalue weighted by molar-refractivity contribution is 0.773. The Hall–Kier alpha value is -1.04. The molecule has 1 unspecified atom stereocenters. The van der Waals surface area contributed by atoms with Crippen molar-refractivity contribution in [3.63, 3.8) is 0 Å². The molecule has 1 aromatic carbocycles. The van der Waals surface area contributed by atoms with E-state index in [4.69, 9.17) is 0 Å². The highest BCUT2D eigenvalue weighted by Crippen LogP contribution is 2.23.